The maximum Gasteiger partial charge on any atom is 0.329 e. The van der Waals surface area contributed by atoms with Crippen molar-refractivity contribution < 1.29 is 9.90 Å². The first-order valence-electron chi connectivity index (χ1n) is 8.72. The maximum absolute atomic E-state index is 11.7. The Kier molecular flexibility index (Phi) is 4.36. The molecule has 0 bridgehead atoms. The van der Waals surface area contributed by atoms with Gasteiger partial charge in [-0.1, -0.05) is 84.9 Å². The van der Waals surface area contributed by atoms with Crippen molar-refractivity contribution in [2.45, 2.75) is 18.4 Å². The minimum absolute atomic E-state index is 0.113. The molecule has 3 aromatic carbocycles. The van der Waals surface area contributed by atoms with E-state index in [1.807, 2.05) is 60.7 Å². The number of carboxylic acid groups (broad SMARTS) is 1. The summed E-state index contributed by atoms with van der Waals surface area (Å²) >= 11 is 0. The number of hydrogen-bond acceptors (Lipinski definition) is 2. The fourth-order valence-electron chi connectivity index (χ4n) is 3.54. The largest absolute Gasteiger partial charge is 0.480 e. The molecule has 3 nitrogen and oxygen atoms in total. The van der Waals surface area contributed by atoms with Crippen LogP contribution >= 0.6 is 0 Å². The predicted octanol–water partition coefficient (Wildman–Crippen LogP) is 4.78. The normalized spacial score (nSPS) is 19.2. The van der Waals surface area contributed by atoms with Crippen LogP contribution in [0.15, 0.2) is 89.9 Å². The average molecular weight is 341 g/mol. The van der Waals surface area contributed by atoms with Gasteiger partial charge in [0.2, 0.25) is 0 Å². The van der Waals surface area contributed by atoms with E-state index in [-0.39, 0.29) is 5.92 Å². The molecule has 0 amide bonds. The van der Waals surface area contributed by atoms with Gasteiger partial charge in [-0.15, -0.1) is 0 Å². The van der Waals surface area contributed by atoms with E-state index in [0.29, 0.717) is 6.42 Å². The number of carbonyl (C=O) groups is 1. The lowest BCUT2D eigenvalue weighted by Crippen LogP contribution is -2.22. The molecule has 2 atom stereocenters. The molecule has 0 aliphatic carbocycles. The zero-order valence-corrected chi connectivity index (χ0v) is 14.2. The van der Waals surface area contributed by atoms with Crippen molar-refractivity contribution in [2.24, 2.45) is 4.99 Å². The van der Waals surface area contributed by atoms with Gasteiger partial charge in [-0.3, -0.25) is 4.99 Å². The molecule has 0 unspecified atom stereocenters. The van der Waals surface area contributed by atoms with Crippen LogP contribution in [0.5, 0.6) is 0 Å². The number of rotatable bonds is 4. The summed E-state index contributed by atoms with van der Waals surface area (Å²) in [5.74, 6) is -0.979. The molecule has 0 aromatic heterocycles. The summed E-state index contributed by atoms with van der Waals surface area (Å²) in [4.78, 5) is 16.2. The molecule has 3 heteroatoms. The summed E-state index contributed by atoms with van der Waals surface area (Å²) in [6.45, 7) is 0. The predicted molar refractivity (Wildman–Crippen MR) is 104 cm³/mol. The highest BCUT2D eigenvalue weighted by atomic mass is 16.4. The number of hydrogen-bond donors (Lipinski definition) is 1. The van der Waals surface area contributed by atoms with E-state index in [2.05, 4.69) is 29.3 Å². The Morgan fingerprint density at radius 1 is 0.769 bits per heavy atom. The maximum atomic E-state index is 11.7. The van der Waals surface area contributed by atoms with E-state index < -0.39 is 12.0 Å². The second kappa shape index (κ2) is 6.96. The molecule has 1 aliphatic rings. The highest BCUT2D eigenvalue weighted by Gasteiger charge is 2.35. The molecule has 1 aliphatic heterocycles. The van der Waals surface area contributed by atoms with Gasteiger partial charge < -0.3 is 5.11 Å². The second-order valence-electron chi connectivity index (χ2n) is 6.52. The number of aliphatic imine (C=N–C) groups is 1. The van der Waals surface area contributed by atoms with E-state index >= 15 is 0 Å². The van der Waals surface area contributed by atoms with Crippen LogP contribution in [-0.4, -0.2) is 22.8 Å². The molecular weight excluding hydrogens is 322 g/mol. The van der Waals surface area contributed by atoms with Crippen molar-refractivity contribution in [1.82, 2.24) is 0 Å². The number of nitrogens with zero attached hydrogens (tertiary/aromatic N) is 1. The highest BCUT2D eigenvalue weighted by molar-refractivity contribution is 6.04. The first-order chi connectivity index (χ1) is 12.7. The van der Waals surface area contributed by atoms with Crippen LogP contribution in [0.1, 0.15) is 23.5 Å². The lowest BCUT2D eigenvalue weighted by atomic mass is 9.89. The Morgan fingerprint density at radius 2 is 1.31 bits per heavy atom. The Morgan fingerprint density at radius 3 is 1.92 bits per heavy atom. The number of carboxylic acids is 1. The van der Waals surface area contributed by atoms with Gasteiger partial charge >= 0.3 is 5.97 Å². The van der Waals surface area contributed by atoms with Crippen LogP contribution in [0, 0.1) is 0 Å². The van der Waals surface area contributed by atoms with Gasteiger partial charge in [0.25, 0.3) is 0 Å². The molecule has 128 valence electrons. The van der Waals surface area contributed by atoms with Gasteiger partial charge in [0, 0.05) is 11.6 Å². The molecule has 0 saturated carbocycles. The fourth-order valence-corrected chi connectivity index (χ4v) is 3.54. The molecule has 3 aromatic rings. The van der Waals surface area contributed by atoms with Crippen LogP contribution in [0.25, 0.3) is 11.1 Å². The molecule has 1 heterocycles. The van der Waals surface area contributed by atoms with Gasteiger partial charge in [-0.25, -0.2) is 4.79 Å². The SMILES string of the molecule is O=C(O)[C@H]1N=C(c2ccc(-c3ccccc3)cc2)C[C@@H]1c1ccccc1. The third kappa shape index (κ3) is 3.16. The van der Waals surface area contributed by atoms with Crippen LogP contribution in [0.3, 0.4) is 0 Å². The zero-order chi connectivity index (χ0) is 17.9. The highest BCUT2D eigenvalue weighted by Crippen LogP contribution is 2.34. The Balaban J connectivity index is 1.61. The van der Waals surface area contributed by atoms with Crippen molar-refractivity contribution in [3.05, 3.63) is 96.1 Å². The fraction of sp³-hybridized carbons (Fsp3) is 0.130. The first kappa shape index (κ1) is 16.3. The van der Waals surface area contributed by atoms with E-state index in [1.54, 1.807) is 0 Å². The smallest absolute Gasteiger partial charge is 0.329 e. The summed E-state index contributed by atoms with van der Waals surface area (Å²) in [5, 5.41) is 9.60. The lowest BCUT2D eigenvalue weighted by molar-refractivity contribution is -0.138. The van der Waals surface area contributed by atoms with Crippen molar-refractivity contribution in [3.63, 3.8) is 0 Å². The average Bonchev–Trinajstić information content (AvgIpc) is 3.15. The van der Waals surface area contributed by atoms with E-state index in [9.17, 15) is 9.90 Å². The van der Waals surface area contributed by atoms with Crippen molar-refractivity contribution >= 4 is 11.7 Å². The van der Waals surface area contributed by atoms with Crippen molar-refractivity contribution in [2.75, 3.05) is 0 Å². The molecule has 0 saturated heterocycles. The van der Waals surface area contributed by atoms with Gasteiger partial charge in [-0.2, -0.15) is 0 Å². The molecule has 0 spiro atoms. The second-order valence-corrected chi connectivity index (χ2v) is 6.52. The Hall–Kier alpha value is -3.20. The van der Waals surface area contributed by atoms with Gasteiger partial charge in [0.1, 0.15) is 0 Å². The zero-order valence-electron chi connectivity index (χ0n) is 14.2. The van der Waals surface area contributed by atoms with Gasteiger partial charge in [0.15, 0.2) is 6.04 Å². The van der Waals surface area contributed by atoms with Crippen LogP contribution < -0.4 is 0 Å². The molecule has 4 rings (SSSR count). The number of aliphatic carboxylic acids is 1. The topological polar surface area (TPSA) is 49.7 Å². The standard InChI is InChI=1S/C23H19NO2/c25-23(26)22-20(18-9-5-2-6-10-18)15-21(24-22)19-13-11-17(12-14-19)16-7-3-1-4-8-16/h1-14,20,22H,15H2,(H,25,26)/t20-,22+/m1/s1. The quantitative estimate of drug-likeness (QED) is 0.742. The molecule has 1 N–H and O–H groups in total. The first-order valence-corrected chi connectivity index (χ1v) is 8.72. The van der Waals surface area contributed by atoms with Crippen molar-refractivity contribution in [3.8, 4) is 11.1 Å². The third-order valence-corrected chi connectivity index (χ3v) is 4.90. The lowest BCUT2D eigenvalue weighted by Gasteiger charge is -2.14. The van der Waals surface area contributed by atoms with E-state index in [0.717, 1.165) is 28.0 Å². The Labute approximate surface area is 152 Å². The molecule has 26 heavy (non-hydrogen) atoms. The Bertz CT molecular complexity index is 931. The van der Waals surface area contributed by atoms with Crippen LogP contribution in [0.2, 0.25) is 0 Å². The number of benzene rings is 3. The third-order valence-electron chi connectivity index (χ3n) is 4.90. The molecule has 0 radical (unpaired) electrons. The summed E-state index contributed by atoms with van der Waals surface area (Å²) < 4.78 is 0. The van der Waals surface area contributed by atoms with Crippen molar-refractivity contribution in [1.29, 1.82) is 0 Å². The van der Waals surface area contributed by atoms with E-state index in [4.69, 9.17) is 0 Å². The van der Waals surface area contributed by atoms with Gasteiger partial charge in [-0.05, 0) is 28.7 Å². The summed E-state index contributed by atoms with van der Waals surface area (Å²) in [5.41, 5.74) is 5.19. The summed E-state index contributed by atoms with van der Waals surface area (Å²) in [6.07, 6.45) is 0.645. The molecular formula is C23H19NO2. The summed E-state index contributed by atoms with van der Waals surface area (Å²) in [6, 6.07) is 27.5. The molecule has 0 fully saturated rings. The minimum atomic E-state index is -0.866. The summed E-state index contributed by atoms with van der Waals surface area (Å²) in [7, 11) is 0. The van der Waals surface area contributed by atoms with Gasteiger partial charge in [0.05, 0.1) is 0 Å². The van der Waals surface area contributed by atoms with Crippen LogP contribution in [0.4, 0.5) is 0 Å². The monoisotopic (exact) mass is 341 g/mol. The minimum Gasteiger partial charge on any atom is -0.480 e. The van der Waals surface area contributed by atoms with E-state index in [1.165, 1.54) is 0 Å². The van der Waals surface area contributed by atoms with Crippen LogP contribution in [-0.2, 0) is 4.79 Å².